The molecule has 9 heteroatoms. The first kappa shape index (κ1) is 15.8. The zero-order valence-corrected chi connectivity index (χ0v) is 11.4. The van der Waals surface area contributed by atoms with Gasteiger partial charge in [0.2, 0.25) is 0 Å². The lowest BCUT2D eigenvalue weighted by atomic mass is 10.4. The molecule has 0 aliphatic rings. The second kappa shape index (κ2) is 7.34. The van der Waals surface area contributed by atoms with E-state index < -0.39 is 24.0 Å². The molecule has 0 spiro atoms. The molecule has 0 bridgehead atoms. The molecule has 0 radical (unpaired) electrons. The topological polar surface area (TPSA) is 125 Å². The Bertz CT molecular complexity index is 523. The van der Waals surface area contributed by atoms with Crippen molar-refractivity contribution < 1.29 is 23.9 Å². The molecule has 0 aliphatic heterocycles. The standard InChI is InChI=1S/C11H13N3O5S/c1-7(10(16)13-11(12)17)19-9(15)6-20-8-4-2-3-5-14(8)18/h2-5,7H,6H2,1H3,(H3,12,13,16,17). The molecule has 1 aromatic heterocycles. The lowest BCUT2D eigenvalue weighted by molar-refractivity contribution is -0.645. The number of pyridine rings is 1. The number of amides is 3. The Kier molecular flexibility index (Phi) is 5.78. The summed E-state index contributed by atoms with van der Waals surface area (Å²) in [4.78, 5) is 33.2. The van der Waals surface area contributed by atoms with Crippen molar-refractivity contribution in [1.82, 2.24) is 5.32 Å². The van der Waals surface area contributed by atoms with Crippen LogP contribution in [0.25, 0.3) is 0 Å². The van der Waals surface area contributed by atoms with Crippen LogP contribution in [0.4, 0.5) is 4.79 Å². The summed E-state index contributed by atoms with van der Waals surface area (Å²) in [5.74, 6) is -1.64. The molecule has 1 heterocycles. The summed E-state index contributed by atoms with van der Waals surface area (Å²) in [5, 5.41) is 13.4. The van der Waals surface area contributed by atoms with E-state index in [1.54, 1.807) is 23.5 Å². The van der Waals surface area contributed by atoms with Crippen molar-refractivity contribution >= 4 is 29.7 Å². The molecule has 3 amide bonds. The van der Waals surface area contributed by atoms with Gasteiger partial charge in [-0.3, -0.25) is 14.9 Å². The van der Waals surface area contributed by atoms with Gasteiger partial charge in [-0.15, -0.1) is 0 Å². The Balaban J connectivity index is 2.42. The highest BCUT2D eigenvalue weighted by Crippen LogP contribution is 2.12. The molecule has 1 aromatic rings. The normalized spacial score (nSPS) is 11.4. The van der Waals surface area contributed by atoms with Crippen molar-refractivity contribution in [1.29, 1.82) is 0 Å². The van der Waals surface area contributed by atoms with Crippen LogP contribution in [-0.2, 0) is 14.3 Å². The van der Waals surface area contributed by atoms with E-state index in [4.69, 9.17) is 10.5 Å². The average Bonchev–Trinajstić information content (AvgIpc) is 2.37. The van der Waals surface area contributed by atoms with E-state index in [2.05, 4.69) is 0 Å². The van der Waals surface area contributed by atoms with Crippen molar-refractivity contribution in [3.05, 3.63) is 29.6 Å². The van der Waals surface area contributed by atoms with Crippen LogP contribution in [0.2, 0.25) is 0 Å². The number of esters is 1. The quantitative estimate of drug-likeness (QED) is 0.328. The maximum atomic E-state index is 11.5. The predicted molar refractivity (Wildman–Crippen MR) is 69.4 cm³/mol. The van der Waals surface area contributed by atoms with Gasteiger partial charge in [0, 0.05) is 12.1 Å². The van der Waals surface area contributed by atoms with Crippen LogP contribution < -0.4 is 15.8 Å². The molecule has 0 saturated heterocycles. The minimum absolute atomic E-state index is 0.138. The number of aromatic nitrogens is 1. The summed E-state index contributed by atoms with van der Waals surface area (Å²) < 4.78 is 5.40. The Morgan fingerprint density at radius 3 is 2.80 bits per heavy atom. The fraction of sp³-hybridized carbons (Fsp3) is 0.273. The monoisotopic (exact) mass is 299 g/mol. The van der Waals surface area contributed by atoms with Gasteiger partial charge < -0.3 is 15.7 Å². The van der Waals surface area contributed by atoms with Crippen molar-refractivity contribution in [3.63, 3.8) is 0 Å². The van der Waals surface area contributed by atoms with Crippen molar-refractivity contribution in [2.24, 2.45) is 5.73 Å². The number of nitrogens with two attached hydrogens (primary N) is 1. The highest BCUT2D eigenvalue weighted by atomic mass is 32.2. The summed E-state index contributed by atoms with van der Waals surface area (Å²) in [6, 6.07) is 3.74. The molecule has 8 nitrogen and oxygen atoms in total. The van der Waals surface area contributed by atoms with Gasteiger partial charge in [0.25, 0.3) is 10.9 Å². The lowest BCUT2D eigenvalue weighted by Gasteiger charge is -2.11. The molecule has 1 atom stereocenters. The third-order valence-electron chi connectivity index (χ3n) is 2.05. The van der Waals surface area contributed by atoms with Gasteiger partial charge in [-0.1, -0.05) is 0 Å². The molecular weight excluding hydrogens is 286 g/mol. The number of carbonyl (C=O) groups is 3. The molecule has 1 unspecified atom stereocenters. The minimum Gasteiger partial charge on any atom is -0.618 e. The van der Waals surface area contributed by atoms with Crippen molar-refractivity contribution in [2.75, 3.05) is 5.75 Å². The van der Waals surface area contributed by atoms with E-state index in [1.807, 2.05) is 0 Å². The molecule has 0 aliphatic carbocycles. The fourth-order valence-corrected chi connectivity index (χ4v) is 1.86. The third-order valence-corrected chi connectivity index (χ3v) is 3.04. The number of hydrogen-bond donors (Lipinski definition) is 2. The first-order valence-corrected chi connectivity index (χ1v) is 6.49. The number of imide groups is 1. The van der Waals surface area contributed by atoms with E-state index in [1.165, 1.54) is 13.1 Å². The number of thioether (sulfide) groups is 1. The van der Waals surface area contributed by atoms with Gasteiger partial charge in [0.15, 0.2) is 12.3 Å². The average molecular weight is 299 g/mol. The summed E-state index contributed by atoms with van der Waals surface area (Å²) in [6.07, 6.45) is 0.155. The first-order chi connectivity index (χ1) is 9.40. The molecule has 0 aromatic carbocycles. The van der Waals surface area contributed by atoms with Gasteiger partial charge >= 0.3 is 12.0 Å². The van der Waals surface area contributed by atoms with E-state index in [9.17, 15) is 19.6 Å². The highest BCUT2D eigenvalue weighted by molar-refractivity contribution is 7.99. The molecule has 20 heavy (non-hydrogen) atoms. The zero-order valence-electron chi connectivity index (χ0n) is 10.6. The molecular formula is C11H13N3O5S. The Labute approximate surface area is 118 Å². The van der Waals surface area contributed by atoms with Crippen LogP contribution in [0.5, 0.6) is 0 Å². The van der Waals surface area contributed by atoms with Gasteiger partial charge in [-0.25, -0.2) is 4.79 Å². The van der Waals surface area contributed by atoms with Gasteiger partial charge in [0.05, 0.1) is 0 Å². The number of urea groups is 1. The van der Waals surface area contributed by atoms with E-state index in [-0.39, 0.29) is 5.75 Å². The summed E-state index contributed by atoms with van der Waals surface area (Å²) in [5.41, 5.74) is 4.76. The molecule has 0 saturated carbocycles. The zero-order chi connectivity index (χ0) is 15.1. The maximum absolute atomic E-state index is 11.5. The van der Waals surface area contributed by atoms with E-state index >= 15 is 0 Å². The number of rotatable bonds is 5. The third kappa shape index (κ3) is 5.14. The fourth-order valence-electron chi connectivity index (χ4n) is 1.17. The van der Waals surface area contributed by atoms with Crippen molar-refractivity contribution in [2.45, 2.75) is 18.1 Å². The van der Waals surface area contributed by atoms with E-state index in [0.29, 0.717) is 9.76 Å². The van der Waals surface area contributed by atoms with E-state index in [0.717, 1.165) is 11.8 Å². The Morgan fingerprint density at radius 1 is 1.50 bits per heavy atom. The smallest absolute Gasteiger partial charge is 0.318 e. The highest BCUT2D eigenvalue weighted by Gasteiger charge is 2.19. The summed E-state index contributed by atoms with van der Waals surface area (Å²) >= 11 is 0.975. The number of nitrogens with one attached hydrogen (secondary N) is 1. The number of hydrogen-bond acceptors (Lipinski definition) is 6. The summed E-state index contributed by atoms with van der Waals surface area (Å²) in [6.45, 7) is 1.30. The predicted octanol–water partition coefficient (Wildman–Crippen LogP) is -0.461. The largest absolute Gasteiger partial charge is 0.618 e. The molecule has 1 rings (SSSR count). The van der Waals surface area contributed by atoms with Crippen molar-refractivity contribution in [3.8, 4) is 0 Å². The molecule has 3 N–H and O–H groups in total. The van der Waals surface area contributed by atoms with Crippen LogP contribution in [0, 0.1) is 5.21 Å². The van der Waals surface area contributed by atoms with Gasteiger partial charge in [0.1, 0.15) is 5.75 Å². The van der Waals surface area contributed by atoms with Crippen LogP contribution in [0.1, 0.15) is 6.92 Å². The van der Waals surface area contributed by atoms with Crippen LogP contribution in [0.3, 0.4) is 0 Å². The number of nitrogens with zero attached hydrogens (tertiary/aromatic N) is 1. The summed E-state index contributed by atoms with van der Waals surface area (Å²) in [7, 11) is 0. The molecule has 108 valence electrons. The number of ether oxygens (including phenoxy) is 1. The minimum atomic E-state index is -1.15. The van der Waals surface area contributed by atoms with Gasteiger partial charge in [-0.2, -0.15) is 4.73 Å². The van der Waals surface area contributed by atoms with Crippen LogP contribution in [-0.4, -0.2) is 29.8 Å². The number of carbonyl (C=O) groups excluding carboxylic acids is 3. The maximum Gasteiger partial charge on any atom is 0.318 e. The SMILES string of the molecule is CC(OC(=O)CSc1cccc[n+]1[O-])C(=O)NC(N)=O. The number of primary amides is 1. The van der Waals surface area contributed by atoms with Crippen LogP contribution in [0.15, 0.2) is 29.4 Å². The Morgan fingerprint density at radius 2 is 2.20 bits per heavy atom. The van der Waals surface area contributed by atoms with Gasteiger partial charge in [-0.05, 0) is 24.8 Å². The Hall–Kier alpha value is -2.29. The molecule has 0 fully saturated rings. The lowest BCUT2D eigenvalue weighted by Crippen LogP contribution is -2.42. The first-order valence-electron chi connectivity index (χ1n) is 5.51. The van der Waals surface area contributed by atoms with Crippen LogP contribution >= 0.6 is 11.8 Å². The second-order valence-electron chi connectivity index (χ2n) is 3.64. The second-order valence-corrected chi connectivity index (χ2v) is 4.63.